The first kappa shape index (κ1) is 17.8. The van der Waals surface area contributed by atoms with E-state index in [4.69, 9.17) is 9.47 Å². The summed E-state index contributed by atoms with van der Waals surface area (Å²) < 4.78 is 10.2. The van der Waals surface area contributed by atoms with Gasteiger partial charge >= 0.3 is 0 Å². The fourth-order valence-corrected chi connectivity index (χ4v) is 2.97. The number of nitrogens with one attached hydrogen (secondary N) is 1. The van der Waals surface area contributed by atoms with Gasteiger partial charge in [-0.2, -0.15) is 0 Å². The maximum absolute atomic E-state index is 12.4. The zero-order valence-electron chi connectivity index (χ0n) is 14.9. The molecule has 0 spiro atoms. The van der Waals surface area contributed by atoms with E-state index in [1.807, 2.05) is 36.4 Å². The van der Waals surface area contributed by atoms with E-state index >= 15 is 0 Å². The Morgan fingerprint density at radius 1 is 1.04 bits per heavy atom. The normalized spacial score (nSPS) is 16.5. The van der Waals surface area contributed by atoms with E-state index in [9.17, 15) is 9.59 Å². The van der Waals surface area contributed by atoms with Crippen LogP contribution in [0.3, 0.4) is 0 Å². The summed E-state index contributed by atoms with van der Waals surface area (Å²) in [6.07, 6.45) is 0.223. The average molecular weight is 354 g/mol. The highest BCUT2D eigenvalue weighted by Gasteiger charge is 2.34. The van der Waals surface area contributed by atoms with Crippen molar-refractivity contribution in [3.63, 3.8) is 0 Å². The smallest absolute Gasteiger partial charge is 0.227 e. The van der Waals surface area contributed by atoms with Gasteiger partial charge in [-0.25, -0.2) is 0 Å². The molecule has 2 aromatic carbocycles. The van der Waals surface area contributed by atoms with Crippen LogP contribution in [0.15, 0.2) is 48.5 Å². The summed E-state index contributed by atoms with van der Waals surface area (Å²) in [5.41, 5.74) is 1.76. The van der Waals surface area contributed by atoms with Gasteiger partial charge in [-0.1, -0.05) is 12.1 Å². The van der Waals surface area contributed by atoms with Crippen LogP contribution in [0.25, 0.3) is 0 Å². The predicted octanol–water partition coefficient (Wildman–Crippen LogP) is 2.37. The summed E-state index contributed by atoms with van der Waals surface area (Å²) in [6, 6.07) is 14.8. The third-order valence-corrected chi connectivity index (χ3v) is 4.51. The predicted molar refractivity (Wildman–Crippen MR) is 98.3 cm³/mol. The highest BCUT2D eigenvalue weighted by Crippen LogP contribution is 2.27. The van der Waals surface area contributed by atoms with Gasteiger partial charge in [0.2, 0.25) is 11.8 Å². The highest BCUT2D eigenvalue weighted by atomic mass is 16.5. The number of nitrogens with zero attached hydrogens (tertiary/aromatic N) is 1. The molecule has 2 aromatic rings. The van der Waals surface area contributed by atoms with E-state index in [2.05, 4.69) is 5.32 Å². The molecule has 2 amide bonds. The van der Waals surface area contributed by atoms with Crippen LogP contribution in [0.2, 0.25) is 0 Å². The molecule has 6 nitrogen and oxygen atoms in total. The lowest BCUT2D eigenvalue weighted by molar-refractivity contribution is -0.126. The molecule has 0 bridgehead atoms. The Balaban J connectivity index is 1.57. The molecular weight excluding hydrogens is 332 g/mol. The first-order valence-corrected chi connectivity index (χ1v) is 8.46. The first-order chi connectivity index (χ1) is 12.6. The maximum atomic E-state index is 12.4. The quantitative estimate of drug-likeness (QED) is 0.865. The average Bonchev–Trinajstić information content (AvgIpc) is 3.08. The van der Waals surface area contributed by atoms with Crippen LogP contribution in [-0.2, 0) is 16.1 Å². The molecule has 1 fully saturated rings. The van der Waals surface area contributed by atoms with E-state index in [0.717, 1.165) is 22.7 Å². The lowest BCUT2D eigenvalue weighted by atomic mass is 10.1. The van der Waals surface area contributed by atoms with E-state index in [1.54, 1.807) is 31.3 Å². The number of carbonyl (C=O) groups excluding carboxylic acids is 2. The third kappa shape index (κ3) is 3.96. The SMILES string of the molecule is COc1ccc(CNC(=O)[C@H]2CC(=O)N(c3ccc(OC)cc3)C2)cc1. The number of carbonyl (C=O) groups is 2. The van der Waals surface area contributed by atoms with Crippen LogP contribution in [0.4, 0.5) is 5.69 Å². The number of ether oxygens (including phenoxy) is 2. The Hall–Kier alpha value is -3.02. The summed E-state index contributed by atoms with van der Waals surface area (Å²) in [5.74, 6) is 1.01. The van der Waals surface area contributed by atoms with Crippen LogP contribution in [0, 0.1) is 5.92 Å². The molecule has 0 saturated carbocycles. The highest BCUT2D eigenvalue weighted by molar-refractivity contribution is 6.00. The topological polar surface area (TPSA) is 67.9 Å². The number of benzene rings is 2. The summed E-state index contributed by atoms with van der Waals surface area (Å²) in [6.45, 7) is 0.815. The van der Waals surface area contributed by atoms with Crippen molar-refractivity contribution in [1.82, 2.24) is 5.32 Å². The number of hydrogen-bond donors (Lipinski definition) is 1. The zero-order valence-corrected chi connectivity index (χ0v) is 14.9. The van der Waals surface area contributed by atoms with Gasteiger partial charge in [0.1, 0.15) is 11.5 Å². The Morgan fingerprint density at radius 3 is 2.19 bits per heavy atom. The molecule has 136 valence electrons. The third-order valence-electron chi connectivity index (χ3n) is 4.51. The van der Waals surface area contributed by atoms with Crippen LogP contribution in [0.1, 0.15) is 12.0 Å². The Labute approximate surface area is 152 Å². The van der Waals surface area contributed by atoms with Gasteiger partial charge < -0.3 is 19.7 Å². The molecule has 0 radical (unpaired) electrons. The monoisotopic (exact) mass is 354 g/mol. The van der Waals surface area contributed by atoms with Crippen molar-refractivity contribution in [3.8, 4) is 11.5 Å². The number of rotatable bonds is 6. The Morgan fingerprint density at radius 2 is 1.62 bits per heavy atom. The second kappa shape index (κ2) is 7.91. The molecule has 26 heavy (non-hydrogen) atoms. The molecule has 1 N–H and O–H groups in total. The molecule has 0 aliphatic carbocycles. The van der Waals surface area contributed by atoms with Gasteiger partial charge in [-0.05, 0) is 42.0 Å². The van der Waals surface area contributed by atoms with Gasteiger partial charge in [-0.15, -0.1) is 0 Å². The molecule has 1 atom stereocenters. The van der Waals surface area contributed by atoms with E-state index in [1.165, 1.54) is 0 Å². The minimum atomic E-state index is -0.345. The van der Waals surface area contributed by atoms with Gasteiger partial charge in [-0.3, -0.25) is 9.59 Å². The van der Waals surface area contributed by atoms with Crippen molar-refractivity contribution < 1.29 is 19.1 Å². The van der Waals surface area contributed by atoms with Crippen LogP contribution >= 0.6 is 0 Å². The zero-order chi connectivity index (χ0) is 18.5. The van der Waals surface area contributed by atoms with E-state index in [-0.39, 0.29) is 24.2 Å². The summed E-state index contributed by atoms with van der Waals surface area (Å²) in [7, 11) is 3.21. The fraction of sp³-hybridized carbons (Fsp3) is 0.300. The number of hydrogen-bond acceptors (Lipinski definition) is 4. The second-order valence-corrected chi connectivity index (χ2v) is 6.17. The van der Waals surface area contributed by atoms with Crippen molar-refractivity contribution in [2.75, 3.05) is 25.7 Å². The number of methoxy groups -OCH3 is 2. The molecular formula is C20H22N2O4. The van der Waals surface area contributed by atoms with Gasteiger partial charge in [0.05, 0.1) is 20.1 Å². The standard InChI is InChI=1S/C20H22N2O4/c1-25-17-7-3-14(4-8-17)12-21-20(24)15-11-19(23)22(13-15)16-5-9-18(26-2)10-6-16/h3-10,15H,11-13H2,1-2H3,(H,21,24)/t15-/m0/s1. The van der Waals surface area contributed by atoms with Crippen LogP contribution < -0.4 is 19.7 Å². The minimum absolute atomic E-state index is 0.0419. The summed E-state index contributed by atoms with van der Waals surface area (Å²) >= 11 is 0. The maximum Gasteiger partial charge on any atom is 0.227 e. The molecule has 1 heterocycles. The largest absolute Gasteiger partial charge is 0.497 e. The number of anilines is 1. The molecule has 1 aliphatic heterocycles. The molecule has 3 rings (SSSR count). The van der Waals surface area contributed by atoms with Gasteiger partial charge in [0.15, 0.2) is 0 Å². The van der Waals surface area contributed by atoms with Crippen LogP contribution in [-0.4, -0.2) is 32.6 Å². The van der Waals surface area contributed by atoms with Gasteiger partial charge in [0, 0.05) is 25.2 Å². The Bertz CT molecular complexity index is 771. The van der Waals surface area contributed by atoms with Crippen molar-refractivity contribution in [3.05, 3.63) is 54.1 Å². The van der Waals surface area contributed by atoms with Crippen molar-refractivity contribution in [1.29, 1.82) is 0 Å². The lowest BCUT2D eigenvalue weighted by Crippen LogP contribution is -2.32. The summed E-state index contributed by atoms with van der Waals surface area (Å²) in [5, 5.41) is 2.91. The fourth-order valence-electron chi connectivity index (χ4n) is 2.97. The van der Waals surface area contributed by atoms with Crippen molar-refractivity contribution in [2.24, 2.45) is 5.92 Å². The van der Waals surface area contributed by atoms with E-state index in [0.29, 0.717) is 13.1 Å². The second-order valence-electron chi connectivity index (χ2n) is 6.17. The minimum Gasteiger partial charge on any atom is -0.497 e. The summed E-state index contributed by atoms with van der Waals surface area (Å²) in [4.78, 5) is 26.4. The van der Waals surface area contributed by atoms with E-state index < -0.39 is 0 Å². The molecule has 6 heteroatoms. The van der Waals surface area contributed by atoms with Crippen molar-refractivity contribution >= 4 is 17.5 Å². The molecule has 1 aliphatic rings. The molecule has 0 unspecified atom stereocenters. The first-order valence-electron chi connectivity index (χ1n) is 8.46. The number of amides is 2. The van der Waals surface area contributed by atoms with Gasteiger partial charge in [0.25, 0.3) is 0 Å². The Kier molecular flexibility index (Phi) is 5.41. The lowest BCUT2D eigenvalue weighted by Gasteiger charge is -2.17. The molecule has 0 aromatic heterocycles. The van der Waals surface area contributed by atoms with Crippen LogP contribution in [0.5, 0.6) is 11.5 Å². The molecule has 1 saturated heterocycles. The van der Waals surface area contributed by atoms with Crippen molar-refractivity contribution in [2.45, 2.75) is 13.0 Å².